The number of hydrogen-bond acceptors (Lipinski definition) is 5. The molecule has 0 spiro atoms. The number of para-hydroxylation sites is 2. The van der Waals surface area contributed by atoms with Gasteiger partial charge in [-0.2, -0.15) is 0 Å². The first-order valence-electron chi connectivity index (χ1n) is 7.93. The van der Waals surface area contributed by atoms with Crippen molar-refractivity contribution >= 4 is 29.3 Å². The number of benzene rings is 2. The number of carbonyl (C=O) groups is 2. The highest BCUT2D eigenvalue weighted by molar-refractivity contribution is 7.98. The standard InChI is InChI=1S/C19H21NO4S/c1-4-23-16-11-7-6-10-15(16)20-18(21)13(2)24-19(22)14-9-5-8-12-17(14)25-3/h5-13H,4H2,1-3H3,(H,20,21)/t13-/m1/s1. The number of thioether (sulfide) groups is 1. The van der Waals surface area contributed by atoms with Crippen LogP contribution in [-0.4, -0.2) is 30.8 Å². The van der Waals surface area contributed by atoms with Gasteiger partial charge in [0.15, 0.2) is 6.10 Å². The van der Waals surface area contributed by atoms with Gasteiger partial charge in [-0.3, -0.25) is 4.79 Å². The van der Waals surface area contributed by atoms with Crippen LogP contribution in [0.15, 0.2) is 53.4 Å². The summed E-state index contributed by atoms with van der Waals surface area (Å²) in [6.45, 7) is 3.90. The van der Waals surface area contributed by atoms with Gasteiger partial charge in [-0.05, 0) is 44.4 Å². The molecule has 2 rings (SSSR count). The molecule has 1 atom stereocenters. The van der Waals surface area contributed by atoms with Crippen molar-refractivity contribution in [2.45, 2.75) is 24.8 Å². The number of amides is 1. The molecule has 0 fully saturated rings. The summed E-state index contributed by atoms with van der Waals surface area (Å²) < 4.78 is 10.8. The van der Waals surface area contributed by atoms with Crippen molar-refractivity contribution in [3.8, 4) is 5.75 Å². The molecule has 2 aromatic carbocycles. The second-order valence-corrected chi connectivity index (χ2v) is 6.01. The molecule has 0 saturated carbocycles. The Labute approximate surface area is 151 Å². The van der Waals surface area contributed by atoms with Gasteiger partial charge in [-0.1, -0.05) is 24.3 Å². The summed E-state index contributed by atoms with van der Waals surface area (Å²) in [6, 6.07) is 14.3. The molecule has 1 amide bonds. The van der Waals surface area contributed by atoms with Gasteiger partial charge < -0.3 is 14.8 Å². The van der Waals surface area contributed by atoms with Crippen LogP contribution in [0.25, 0.3) is 0 Å². The van der Waals surface area contributed by atoms with E-state index in [-0.39, 0.29) is 0 Å². The molecule has 132 valence electrons. The summed E-state index contributed by atoms with van der Waals surface area (Å²) in [7, 11) is 0. The van der Waals surface area contributed by atoms with E-state index in [9.17, 15) is 9.59 Å². The Balaban J connectivity index is 2.04. The first-order chi connectivity index (χ1) is 12.1. The van der Waals surface area contributed by atoms with Crippen LogP contribution in [0.1, 0.15) is 24.2 Å². The van der Waals surface area contributed by atoms with Crippen LogP contribution < -0.4 is 10.1 Å². The summed E-state index contributed by atoms with van der Waals surface area (Å²) in [5, 5.41) is 2.73. The van der Waals surface area contributed by atoms with Crippen molar-refractivity contribution in [2.75, 3.05) is 18.2 Å². The van der Waals surface area contributed by atoms with Gasteiger partial charge in [0.1, 0.15) is 5.75 Å². The van der Waals surface area contributed by atoms with Crippen LogP contribution in [0, 0.1) is 0 Å². The van der Waals surface area contributed by atoms with E-state index >= 15 is 0 Å². The molecule has 0 aliphatic rings. The molecule has 0 bridgehead atoms. The number of carbonyl (C=O) groups excluding carboxylic acids is 2. The van der Waals surface area contributed by atoms with Crippen LogP contribution >= 0.6 is 11.8 Å². The van der Waals surface area contributed by atoms with Crippen LogP contribution in [-0.2, 0) is 9.53 Å². The minimum Gasteiger partial charge on any atom is -0.492 e. The zero-order valence-electron chi connectivity index (χ0n) is 14.4. The second kappa shape index (κ2) is 9.13. The van der Waals surface area contributed by atoms with Gasteiger partial charge in [0.25, 0.3) is 5.91 Å². The maximum Gasteiger partial charge on any atom is 0.340 e. The molecule has 0 aliphatic heterocycles. The van der Waals surface area contributed by atoms with Gasteiger partial charge >= 0.3 is 5.97 Å². The van der Waals surface area contributed by atoms with Crippen molar-refractivity contribution in [1.82, 2.24) is 0 Å². The molecule has 0 heterocycles. The molecule has 5 nitrogen and oxygen atoms in total. The Morgan fingerprint density at radius 2 is 1.80 bits per heavy atom. The van der Waals surface area contributed by atoms with Crippen LogP contribution in [0.2, 0.25) is 0 Å². The third-order valence-corrected chi connectivity index (χ3v) is 4.22. The summed E-state index contributed by atoms with van der Waals surface area (Å²) in [6.07, 6.45) is 0.949. The van der Waals surface area contributed by atoms with E-state index in [2.05, 4.69) is 5.32 Å². The van der Waals surface area contributed by atoms with Crippen LogP contribution in [0.3, 0.4) is 0 Å². The maximum absolute atomic E-state index is 12.3. The Morgan fingerprint density at radius 3 is 2.52 bits per heavy atom. The Bertz CT molecular complexity index is 748. The van der Waals surface area contributed by atoms with Crippen molar-refractivity contribution in [3.05, 3.63) is 54.1 Å². The van der Waals surface area contributed by atoms with Gasteiger partial charge in [0.2, 0.25) is 0 Å². The highest BCUT2D eigenvalue weighted by Gasteiger charge is 2.21. The third-order valence-electron chi connectivity index (χ3n) is 3.42. The number of hydrogen-bond donors (Lipinski definition) is 1. The van der Waals surface area contributed by atoms with Gasteiger partial charge in [0, 0.05) is 4.90 Å². The highest BCUT2D eigenvalue weighted by Crippen LogP contribution is 2.24. The summed E-state index contributed by atoms with van der Waals surface area (Å²) >= 11 is 1.45. The largest absolute Gasteiger partial charge is 0.492 e. The molecule has 0 aliphatic carbocycles. The Hall–Kier alpha value is -2.47. The van der Waals surface area contributed by atoms with Gasteiger partial charge in [-0.15, -0.1) is 11.8 Å². The molecular weight excluding hydrogens is 338 g/mol. The van der Waals surface area contributed by atoms with Crippen LogP contribution in [0.5, 0.6) is 5.75 Å². The number of rotatable bonds is 7. The predicted molar refractivity (Wildman–Crippen MR) is 99.3 cm³/mol. The number of nitrogens with one attached hydrogen (secondary N) is 1. The number of anilines is 1. The van der Waals surface area contributed by atoms with E-state index in [0.717, 1.165) is 4.90 Å². The first-order valence-corrected chi connectivity index (χ1v) is 9.16. The van der Waals surface area contributed by atoms with Crippen molar-refractivity contribution < 1.29 is 19.1 Å². The van der Waals surface area contributed by atoms with Gasteiger partial charge in [-0.25, -0.2) is 4.79 Å². The van der Waals surface area contributed by atoms with Gasteiger partial charge in [0.05, 0.1) is 17.9 Å². The first kappa shape index (κ1) is 18.9. The van der Waals surface area contributed by atoms with Crippen LogP contribution in [0.4, 0.5) is 5.69 Å². The summed E-state index contributed by atoms with van der Waals surface area (Å²) in [5.74, 6) is -0.363. The van der Waals surface area contributed by atoms with E-state index in [0.29, 0.717) is 23.6 Å². The molecule has 2 aromatic rings. The Morgan fingerprint density at radius 1 is 1.12 bits per heavy atom. The fourth-order valence-electron chi connectivity index (χ4n) is 2.18. The third kappa shape index (κ3) is 5.00. The lowest BCUT2D eigenvalue weighted by Crippen LogP contribution is -2.30. The minimum absolute atomic E-state index is 0.415. The summed E-state index contributed by atoms with van der Waals surface area (Å²) in [4.78, 5) is 25.5. The predicted octanol–water partition coefficient (Wildman–Crippen LogP) is 3.99. The van der Waals surface area contributed by atoms with E-state index in [1.807, 2.05) is 31.4 Å². The Kier molecular flexibility index (Phi) is 6.89. The number of ether oxygens (including phenoxy) is 2. The fourth-order valence-corrected chi connectivity index (χ4v) is 2.76. The maximum atomic E-state index is 12.3. The minimum atomic E-state index is -0.933. The zero-order valence-corrected chi connectivity index (χ0v) is 15.3. The molecular formula is C19H21NO4S. The van der Waals surface area contributed by atoms with Crippen molar-refractivity contribution in [1.29, 1.82) is 0 Å². The molecule has 0 saturated heterocycles. The lowest BCUT2D eigenvalue weighted by Gasteiger charge is -2.16. The molecule has 1 N–H and O–H groups in total. The van der Waals surface area contributed by atoms with Crippen molar-refractivity contribution in [2.24, 2.45) is 0 Å². The quantitative estimate of drug-likeness (QED) is 0.598. The lowest BCUT2D eigenvalue weighted by molar-refractivity contribution is -0.123. The fraction of sp³-hybridized carbons (Fsp3) is 0.263. The van der Waals surface area contributed by atoms with Crippen molar-refractivity contribution in [3.63, 3.8) is 0 Å². The van der Waals surface area contributed by atoms with E-state index in [1.165, 1.54) is 18.7 Å². The average molecular weight is 359 g/mol. The molecule has 6 heteroatoms. The van der Waals surface area contributed by atoms with E-state index < -0.39 is 18.0 Å². The molecule has 0 radical (unpaired) electrons. The molecule has 25 heavy (non-hydrogen) atoms. The zero-order chi connectivity index (χ0) is 18.2. The van der Waals surface area contributed by atoms with E-state index in [4.69, 9.17) is 9.47 Å². The monoisotopic (exact) mass is 359 g/mol. The average Bonchev–Trinajstić information content (AvgIpc) is 2.63. The molecule has 0 unspecified atom stereocenters. The van der Waals surface area contributed by atoms with E-state index in [1.54, 1.807) is 30.3 Å². The second-order valence-electron chi connectivity index (χ2n) is 5.17. The number of esters is 1. The topological polar surface area (TPSA) is 64.6 Å². The SMILES string of the molecule is CCOc1ccccc1NC(=O)[C@@H](C)OC(=O)c1ccccc1SC. The molecule has 0 aromatic heterocycles. The smallest absolute Gasteiger partial charge is 0.340 e. The lowest BCUT2D eigenvalue weighted by atomic mass is 10.2. The highest BCUT2D eigenvalue weighted by atomic mass is 32.2. The summed E-state index contributed by atoms with van der Waals surface area (Å²) in [5.41, 5.74) is 0.992. The normalized spacial score (nSPS) is 11.5.